The van der Waals surface area contributed by atoms with E-state index in [1.807, 2.05) is 0 Å². The van der Waals surface area contributed by atoms with E-state index in [0.29, 0.717) is 0 Å². The molecule has 2 atom stereocenters. The first-order valence-electron chi connectivity index (χ1n) is 3.47. The first-order chi connectivity index (χ1) is 5.07. The molecule has 0 spiro atoms. The van der Waals surface area contributed by atoms with Gasteiger partial charge in [-0.25, -0.2) is 8.42 Å². The summed E-state index contributed by atoms with van der Waals surface area (Å²) < 4.78 is 22.0. The summed E-state index contributed by atoms with van der Waals surface area (Å²) in [5.41, 5.74) is 0. The van der Waals surface area contributed by atoms with Gasteiger partial charge in [0, 0.05) is 12.1 Å². The topological polar surface area (TPSA) is 78.4 Å². The Balaban J connectivity index is 2.16. The van der Waals surface area contributed by atoms with E-state index in [4.69, 9.17) is 5.11 Å². The number of rotatable bonds is 0. The molecule has 0 aliphatic carbocycles. The number of hydrogen-bond acceptors (Lipinski definition) is 5. The van der Waals surface area contributed by atoms with Gasteiger partial charge in [0.15, 0.2) is 16.2 Å². The molecule has 3 N–H and O–H groups in total. The molecule has 11 heavy (non-hydrogen) atoms. The van der Waals surface area contributed by atoms with Crippen LogP contribution in [0.4, 0.5) is 0 Å². The average molecular weight is 178 g/mol. The van der Waals surface area contributed by atoms with Crippen molar-refractivity contribution < 1.29 is 13.5 Å². The second-order valence-corrected chi connectivity index (χ2v) is 5.18. The largest absolute Gasteiger partial charge is 0.365 e. The minimum atomic E-state index is -2.87. The van der Waals surface area contributed by atoms with E-state index in [-0.39, 0.29) is 23.6 Å². The average Bonchev–Trinajstić information content (AvgIpc) is 2.17. The molecule has 0 saturated carbocycles. The van der Waals surface area contributed by atoms with E-state index in [1.165, 1.54) is 0 Å². The highest BCUT2D eigenvalue weighted by molar-refractivity contribution is 7.91. The normalized spacial score (nSPS) is 42.6. The third-order valence-corrected chi connectivity index (χ3v) is 3.83. The summed E-state index contributed by atoms with van der Waals surface area (Å²) in [7, 11) is -2.87. The van der Waals surface area contributed by atoms with Crippen molar-refractivity contribution in [1.29, 1.82) is 0 Å². The van der Waals surface area contributed by atoms with Gasteiger partial charge < -0.3 is 5.11 Å². The van der Waals surface area contributed by atoms with Crippen molar-refractivity contribution in [3.8, 4) is 0 Å². The molecule has 2 aliphatic heterocycles. The van der Waals surface area contributed by atoms with E-state index >= 15 is 0 Å². The molecule has 0 unspecified atom stereocenters. The molecule has 5 nitrogen and oxygen atoms in total. The number of fused-ring (bicyclic) bond motifs is 1. The molecule has 0 aromatic rings. The molecule has 2 aliphatic rings. The van der Waals surface area contributed by atoms with Crippen LogP contribution in [0.3, 0.4) is 0 Å². The predicted molar refractivity (Wildman–Crippen MR) is 38.5 cm³/mol. The maximum Gasteiger partial charge on any atom is 0.161 e. The van der Waals surface area contributed by atoms with Gasteiger partial charge in [0.25, 0.3) is 0 Å². The van der Waals surface area contributed by atoms with E-state index in [2.05, 4.69) is 10.6 Å². The van der Waals surface area contributed by atoms with E-state index in [9.17, 15) is 8.42 Å². The van der Waals surface area contributed by atoms with Crippen LogP contribution < -0.4 is 10.6 Å². The molecule has 2 heterocycles. The van der Waals surface area contributed by atoms with Gasteiger partial charge in [-0.15, -0.1) is 0 Å². The lowest BCUT2D eigenvalue weighted by Gasteiger charge is -2.04. The maximum absolute atomic E-state index is 11.0. The summed E-state index contributed by atoms with van der Waals surface area (Å²) >= 11 is 0. The Morgan fingerprint density at radius 3 is 2.09 bits per heavy atom. The van der Waals surface area contributed by atoms with Crippen molar-refractivity contribution in [2.24, 2.45) is 0 Å². The highest BCUT2D eigenvalue weighted by Crippen LogP contribution is 2.16. The molecule has 0 bridgehead atoms. The van der Waals surface area contributed by atoms with Crippen molar-refractivity contribution >= 4 is 9.84 Å². The molecule has 0 aromatic carbocycles. The van der Waals surface area contributed by atoms with Gasteiger partial charge in [-0.2, -0.15) is 0 Å². The van der Waals surface area contributed by atoms with Crippen molar-refractivity contribution in [1.82, 2.24) is 10.6 Å². The van der Waals surface area contributed by atoms with Gasteiger partial charge in [-0.1, -0.05) is 0 Å². The molecule has 0 amide bonds. The first kappa shape index (κ1) is 7.48. The summed E-state index contributed by atoms with van der Waals surface area (Å²) in [6.07, 6.45) is -0.736. The van der Waals surface area contributed by atoms with Gasteiger partial charge >= 0.3 is 0 Å². The number of nitrogens with one attached hydrogen (secondary N) is 2. The summed E-state index contributed by atoms with van der Waals surface area (Å²) in [5, 5.41) is 14.5. The Labute approximate surface area is 64.7 Å². The number of hydrogen-bond donors (Lipinski definition) is 3. The Kier molecular flexibility index (Phi) is 1.47. The van der Waals surface area contributed by atoms with Crippen LogP contribution in [0.25, 0.3) is 0 Å². The van der Waals surface area contributed by atoms with Crippen LogP contribution in [0.1, 0.15) is 0 Å². The number of aliphatic hydroxyl groups is 1. The molecular weight excluding hydrogens is 168 g/mol. The predicted octanol–water partition coefficient (Wildman–Crippen LogP) is -2.38. The standard InChI is InChI=1S/C5H10N2O3S/c8-5-6-3-1-11(9,10)2-4(3)7-5/h3-8H,1-2H2/t3-,4-/m0/s1. The minimum absolute atomic E-state index is 0.102. The van der Waals surface area contributed by atoms with Crippen molar-refractivity contribution in [2.75, 3.05) is 11.5 Å². The van der Waals surface area contributed by atoms with Crippen LogP contribution in [-0.2, 0) is 9.84 Å². The Hall–Kier alpha value is -0.170. The first-order valence-corrected chi connectivity index (χ1v) is 5.29. The van der Waals surface area contributed by atoms with Crippen LogP contribution in [0.15, 0.2) is 0 Å². The van der Waals surface area contributed by atoms with Gasteiger partial charge in [-0.3, -0.25) is 10.6 Å². The zero-order valence-electron chi connectivity index (χ0n) is 5.82. The fraction of sp³-hybridized carbons (Fsp3) is 1.00. The van der Waals surface area contributed by atoms with Gasteiger partial charge in [0.2, 0.25) is 0 Å². The van der Waals surface area contributed by atoms with Gasteiger partial charge in [0.05, 0.1) is 11.5 Å². The molecule has 0 aromatic heterocycles. The van der Waals surface area contributed by atoms with E-state index in [0.717, 1.165) is 0 Å². The van der Waals surface area contributed by atoms with Crippen LogP contribution in [0.2, 0.25) is 0 Å². The third-order valence-electron chi connectivity index (χ3n) is 2.10. The van der Waals surface area contributed by atoms with Crippen LogP contribution in [0.5, 0.6) is 0 Å². The van der Waals surface area contributed by atoms with E-state index in [1.54, 1.807) is 0 Å². The third kappa shape index (κ3) is 1.26. The summed E-state index contributed by atoms with van der Waals surface area (Å²) in [4.78, 5) is 0. The Morgan fingerprint density at radius 2 is 1.64 bits per heavy atom. The highest BCUT2D eigenvalue weighted by atomic mass is 32.2. The molecule has 64 valence electrons. The second-order valence-electron chi connectivity index (χ2n) is 3.03. The van der Waals surface area contributed by atoms with E-state index < -0.39 is 16.2 Å². The molecule has 6 heteroatoms. The maximum atomic E-state index is 11.0. The van der Waals surface area contributed by atoms with Crippen LogP contribution in [0, 0.1) is 0 Å². The second kappa shape index (κ2) is 2.16. The SMILES string of the molecule is O=S1(=O)C[C@@H]2NC(O)N[C@H]2C1. The molecule has 2 rings (SSSR count). The Morgan fingerprint density at radius 1 is 1.18 bits per heavy atom. The van der Waals surface area contributed by atoms with Crippen LogP contribution in [-0.4, -0.2) is 43.5 Å². The fourth-order valence-corrected chi connectivity index (χ4v) is 3.52. The Bertz CT molecular complexity index is 243. The molecular formula is C5H10N2O3S. The number of aliphatic hydroxyl groups excluding tert-OH is 1. The monoisotopic (exact) mass is 178 g/mol. The van der Waals surface area contributed by atoms with Gasteiger partial charge in [-0.05, 0) is 0 Å². The van der Waals surface area contributed by atoms with Gasteiger partial charge in [0.1, 0.15) is 0 Å². The zero-order valence-corrected chi connectivity index (χ0v) is 6.63. The molecule has 2 fully saturated rings. The highest BCUT2D eigenvalue weighted by Gasteiger charge is 2.43. The van der Waals surface area contributed by atoms with Crippen molar-refractivity contribution in [3.05, 3.63) is 0 Å². The number of sulfone groups is 1. The quantitative estimate of drug-likeness (QED) is 0.386. The smallest absolute Gasteiger partial charge is 0.161 e. The zero-order chi connectivity index (χ0) is 8.06. The van der Waals surface area contributed by atoms with Crippen molar-refractivity contribution in [3.63, 3.8) is 0 Å². The van der Waals surface area contributed by atoms with Crippen LogP contribution >= 0.6 is 0 Å². The van der Waals surface area contributed by atoms with Crippen molar-refractivity contribution in [2.45, 2.75) is 18.4 Å². The summed E-state index contributed by atoms with van der Waals surface area (Å²) in [6.45, 7) is 0. The molecule has 0 radical (unpaired) electrons. The molecule has 2 saturated heterocycles. The summed E-state index contributed by atoms with van der Waals surface area (Å²) in [5.74, 6) is 0.281. The minimum Gasteiger partial charge on any atom is -0.365 e. The lowest BCUT2D eigenvalue weighted by molar-refractivity contribution is 0.131. The summed E-state index contributed by atoms with van der Waals surface area (Å²) in [6, 6.07) is -0.204. The fourth-order valence-electron chi connectivity index (χ4n) is 1.63. The lowest BCUT2D eigenvalue weighted by atomic mass is 10.2. The lowest BCUT2D eigenvalue weighted by Crippen LogP contribution is -2.36.